The minimum Gasteiger partial charge on any atom is -0.444 e. The van der Waals surface area contributed by atoms with Crippen LogP contribution in [0.15, 0.2) is 11.8 Å². The summed E-state index contributed by atoms with van der Waals surface area (Å²) in [5.74, 6) is -0.114. The number of carbonyl (C=O) groups excluding carboxylic acids is 2. The maximum absolute atomic E-state index is 12.0. The van der Waals surface area contributed by atoms with Crippen LogP contribution in [0.1, 0.15) is 40.5 Å². The molecule has 20 heavy (non-hydrogen) atoms. The fourth-order valence-electron chi connectivity index (χ4n) is 2.01. The van der Waals surface area contributed by atoms with E-state index in [1.54, 1.807) is 31.9 Å². The van der Waals surface area contributed by atoms with Gasteiger partial charge in [0.05, 0.1) is 12.6 Å². The average Bonchev–Trinajstić information content (AvgIpc) is 2.68. The van der Waals surface area contributed by atoms with Gasteiger partial charge in [0, 0.05) is 19.2 Å². The van der Waals surface area contributed by atoms with Gasteiger partial charge in [-0.1, -0.05) is 5.57 Å². The first-order chi connectivity index (χ1) is 9.23. The molecule has 1 heterocycles. The molecule has 0 radical (unpaired) electrons. The van der Waals surface area contributed by atoms with Gasteiger partial charge in [-0.25, -0.2) is 4.79 Å². The summed E-state index contributed by atoms with van der Waals surface area (Å²) >= 11 is 0. The van der Waals surface area contributed by atoms with Crippen molar-refractivity contribution in [2.24, 2.45) is 0 Å². The number of hydrogen-bond acceptors (Lipinski definition) is 4. The maximum atomic E-state index is 12.0. The minimum atomic E-state index is -0.551. The number of carbonyl (C=O) groups is 2. The molecule has 0 aromatic heterocycles. The molecule has 2 N–H and O–H groups in total. The van der Waals surface area contributed by atoms with Gasteiger partial charge in [-0.3, -0.25) is 4.79 Å². The van der Waals surface area contributed by atoms with E-state index in [9.17, 15) is 14.7 Å². The van der Waals surface area contributed by atoms with Gasteiger partial charge >= 0.3 is 6.09 Å². The van der Waals surface area contributed by atoms with Crippen LogP contribution in [0, 0.1) is 0 Å². The third-order valence-electron chi connectivity index (χ3n) is 2.82. The fraction of sp³-hybridized carbons (Fsp3) is 0.714. The van der Waals surface area contributed by atoms with Crippen LogP contribution >= 0.6 is 0 Å². The lowest BCUT2D eigenvalue weighted by Gasteiger charge is -2.22. The van der Waals surface area contributed by atoms with Crippen molar-refractivity contribution >= 4 is 12.0 Å². The Morgan fingerprint density at radius 3 is 2.70 bits per heavy atom. The molecule has 0 spiro atoms. The van der Waals surface area contributed by atoms with E-state index in [2.05, 4.69) is 5.32 Å². The van der Waals surface area contributed by atoms with Crippen molar-refractivity contribution in [2.45, 2.75) is 52.2 Å². The molecular weight excluding hydrogens is 260 g/mol. The van der Waals surface area contributed by atoms with Crippen molar-refractivity contribution in [3.05, 3.63) is 11.8 Å². The highest BCUT2D eigenvalue weighted by atomic mass is 16.6. The van der Waals surface area contributed by atoms with Crippen LogP contribution in [0.25, 0.3) is 0 Å². The van der Waals surface area contributed by atoms with Gasteiger partial charge in [-0.15, -0.1) is 0 Å². The molecule has 114 valence electrons. The number of alkyl carbamates (subject to hydrolysis) is 1. The molecule has 0 aromatic rings. The zero-order chi connectivity index (χ0) is 15.3. The summed E-state index contributed by atoms with van der Waals surface area (Å²) in [6, 6.07) is -0.177. The van der Waals surface area contributed by atoms with E-state index < -0.39 is 11.7 Å². The van der Waals surface area contributed by atoms with Crippen molar-refractivity contribution in [1.29, 1.82) is 0 Å². The Labute approximate surface area is 119 Å². The van der Waals surface area contributed by atoms with Crippen molar-refractivity contribution in [3.8, 4) is 0 Å². The number of rotatable bonds is 4. The van der Waals surface area contributed by atoms with Crippen molar-refractivity contribution < 1.29 is 19.4 Å². The lowest BCUT2D eigenvalue weighted by Crippen LogP contribution is -2.38. The number of hydrogen-bond donors (Lipinski definition) is 2. The van der Waals surface area contributed by atoms with Gasteiger partial charge in [-0.2, -0.15) is 0 Å². The molecule has 2 amide bonds. The monoisotopic (exact) mass is 284 g/mol. The highest BCUT2D eigenvalue weighted by Gasteiger charge is 2.26. The molecule has 1 rings (SSSR count). The zero-order valence-corrected chi connectivity index (χ0v) is 12.6. The summed E-state index contributed by atoms with van der Waals surface area (Å²) in [6.45, 7) is 7.42. The first-order valence-electron chi connectivity index (χ1n) is 6.79. The Hall–Kier alpha value is -1.56. The first-order valence-corrected chi connectivity index (χ1v) is 6.79. The zero-order valence-electron chi connectivity index (χ0n) is 12.6. The summed E-state index contributed by atoms with van der Waals surface area (Å²) in [4.78, 5) is 25.0. The van der Waals surface area contributed by atoms with Gasteiger partial charge in [0.1, 0.15) is 5.60 Å². The van der Waals surface area contributed by atoms with E-state index in [1.807, 2.05) is 6.92 Å². The van der Waals surface area contributed by atoms with Gasteiger partial charge in [-0.05, 0) is 34.1 Å². The molecule has 0 aliphatic carbocycles. The highest BCUT2D eigenvalue weighted by molar-refractivity contribution is 5.79. The molecule has 1 aliphatic rings. The Morgan fingerprint density at radius 1 is 1.50 bits per heavy atom. The van der Waals surface area contributed by atoms with Gasteiger partial charge in [0.25, 0.3) is 0 Å². The molecule has 0 bridgehead atoms. The minimum absolute atomic E-state index is 0.0565. The number of aliphatic hydroxyl groups is 1. The Kier molecular flexibility index (Phi) is 5.56. The van der Waals surface area contributed by atoms with Crippen LogP contribution in [0.4, 0.5) is 4.79 Å². The molecule has 1 unspecified atom stereocenters. The van der Waals surface area contributed by atoms with Crippen molar-refractivity contribution in [2.75, 3.05) is 13.2 Å². The SMILES string of the molecule is CC1=CN(C(=O)CCNC(=O)OC(C)(C)C)C(CO)C1. The van der Waals surface area contributed by atoms with E-state index in [0.717, 1.165) is 5.57 Å². The molecule has 0 saturated carbocycles. The predicted molar refractivity (Wildman–Crippen MR) is 74.9 cm³/mol. The standard InChI is InChI=1S/C14H24N2O4/c1-10-7-11(9-17)16(8-10)12(18)5-6-15-13(19)20-14(2,3)4/h8,11,17H,5-7,9H2,1-4H3,(H,15,19). The quantitative estimate of drug-likeness (QED) is 0.818. The topological polar surface area (TPSA) is 78.9 Å². The van der Waals surface area contributed by atoms with Crippen LogP contribution in [0.5, 0.6) is 0 Å². The second-order valence-corrected chi connectivity index (χ2v) is 6.00. The molecule has 0 aromatic carbocycles. The summed E-state index contributed by atoms with van der Waals surface area (Å²) in [5, 5.41) is 11.8. The van der Waals surface area contributed by atoms with E-state index >= 15 is 0 Å². The van der Waals surface area contributed by atoms with E-state index in [-0.39, 0.29) is 31.5 Å². The molecular formula is C14H24N2O4. The average molecular weight is 284 g/mol. The summed E-state index contributed by atoms with van der Waals surface area (Å²) < 4.78 is 5.08. The van der Waals surface area contributed by atoms with Gasteiger partial charge < -0.3 is 20.1 Å². The van der Waals surface area contributed by atoms with Crippen LogP contribution in [-0.2, 0) is 9.53 Å². The lowest BCUT2D eigenvalue weighted by molar-refractivity contribution is -0.130. The Bertz CT molecular complexity index is 398. The third-order valence-corrected chi connectivity index (χ3v) is 2.82. The second-order valence-electron chi connectivity index (χ2n) is 6.00. The molecule has 0 saturated heterocycles. The van der Waals surface area contributed by atoms with E-state index in [0.29, 0.717) is 6.42 Å². The number of ether oxygens (including phenoxy) is 1. The van der Waals surface area contributed by atoms with Crippen LogP contribution in [-0.4, -0.2) is 46.8 Å². The molecule has 1 atom stereocenters. The number of amides is 2. The molecule has 1 aliphatic heterocycles. The highest BCUT2D eigenvalue weighted by Crippen LogP contribution is 2.21. The van der Waals surface area contributed by atoms with Crippen LogP contribution < -0.4 is 5.32 Å². The lowest BCUT2D eigenvalue weighted by atomic mass is 10.1. The van der Waals surface area contributed by atoms with E-state index in [4.69, 9.17) is 4.74 Å². The normalized spacial score (nSPS) is 18.8. The third kappa shape index (κ3) is 5.21. The fourth-order valence-corrected chi connectivity index (χ4v) is 2.01. The van der Waals surface area contributed by atoms with Gasteiger partial charge in [0.2, 0.25) is 5.91 Å². The summed E-state index contributed by atoms with van der Waals surface area (Å²) in [5.41, 5.74) is 0.516. The van der Waals surface area contributed by atoms with E-state index in [1.165, 1.54) is 0 Å². The largest absolute Gasteiger partial charge is 0.444 e. The Morgan fingerprint density at radius 2 is 2.15 bits per heavy atom. The molecule has 6 heteroatoms. The summed E-state index contributed by atoms with van der Waals surface area (Å²) in [6.07, 6.45) is 2.11. The maximum Gasteiger partial charge on any atom is 0.407 e. The smallest absolute Gasteiger partial charge is 0.407 e. The van der Waals surface area contributed by atoms with Crippen molar-refractivity contribution in [3.63, 3.8) is 0 Å². The number of nitrogens with one attached hydrogen (secondary N) is 1. The van der Waals surface area contributed by atoms with Crippen LogP contribution in [0.3, 0.4) is 0 Å². The number of aliphatic hydroxyl groups excluding tert-OH is 1. The second kappa shape index (κ2) is 6.74. The number of nitrogens with zero attached hydrogens (tertiary/aromatic N) is 1. The summed E-state index contributed by atoms with van der Waals surface area (Å²) in [7, 11) is 0. The first kappa shape index (κ1) is 16.5. The molecule has 0 fully saturated rings. The van der Waals surface area contributed by atoms with Crippen molar-refractivity contribution in [1.82, 2.24) is 10.2 Å². The predicted octanol–water partition coefficient (Wildman–Crippen LogP) is 1.40. The Balaban J connectivity index is 2.35. The van der Waals surface area contributed by atoms with Gasteiger partial charge in [0.15, 0.2) is 0 Å². The van der Waals surface area contributed by atoms with Crippen LogP contribution in [0.2, 0.25) is 0 Å². The molecule has 6 nitrogen and oxygen atoms in total.